The van der Waals surface area contributed by atoms with E-state index < -0.39 is 0 Å². The average molecular weight is 286 g/mol. The second-order valence-electron chi connectivity index (χ2n) is 4.76. The molecule has 0 saturated carbocycles. The van der Waals surface area contributed by atoms with E-state index in [1.807, 2.05) is 18.2 Å². The summed E-state index contributed by atoms with van der Waals surface area (Å²) in [5.74, 6) is -0.383. The number of amides is 1. The third-order valence-corrected chi connectivity index (χ3v) is 3.15. The van der Waals surface area contributed by atoms with Crippen LogP contribution in [-0.2, 0) is 16.1 Å². The first-order chi connectivity index (χ1) is 10.3. The SMILES string of the molecule is N#C/C(=C/NCc1cccnc1)C(=O)NCC1CCCO1. The van der Waals surface area contributed by atoms with Gasteiger partial charge in [0.25, 0.3) is 5.91 Å². The van der Waals surface area contributed by atoms with E-state index in [4.69, 9.17) is 10.00 Å². The van der Waals surface area contributed by atoms with Crippen molar-refractivity contribution in [2.75, 3.05) is 13.2 Å². The van der Waals surface area contributed by atoms with Crippen LogP contribution in [0, 0.1) is 11.3 Å². The molecule has 110 valence electrons. The van der Waals surface area contributed by atoms with Crippen molar-refractivity contribution < 1.29 is 9.53 Å². The molecule has 21 heavy (non-hydrogen) atoms. The van der Waals surface area contributed by atoms with Crippen molar-refractivity contribution in [3.8, 4) is 6.07 Å². The first-order valence-electron chi connectivity index (χ1n) is 6.92. The third-order valence-electron chi connectivity index (χ3n) is 3.15. The molecule has 2 N–H and O–H groups in total. The molecule has 0 aromatic carbocycles. The van der Waals surface area contributed by atoms with E-state index in [0.717, 1.165) is 25.0 Å². The van der Waals surface area contributed by atoms with Gasteiger partial charge in [-0.3, -0.25) is 9.78 Å². The van der Waals surface area contributed by atoms with Gasteiger partial charge in [-0.1, -0.05) is 6.07 Å². The minimum Gasteiger partial charge on any atom is -0.386 e. The van der Waals surface area contributed by atoms with Gasteiger partial charge in [0.1, 0.15) is 11.6 Å². The first kappa shape index (κ1) is 15.0. The molecular formula is C15H18N4O2. The molecule has 1 aromatic rings. The van der Waals surface area contributed by atoms with Crippen LogP contribution >= 0.6 is 0 Å². The van der Waals surface area contributed by atoms with Gasteiger partial charge in [-0.05, 0) is 24.5 Å². The lowest BCUT2D eigenvalue weighted by Crippen LogP contribution is -2.32. The summed E-state index contributed by atoms with van der Waals surface area (Å²) in [5.41, 5.74) is 1.03. The van der Waals surface area contributed by atoms with Crippen molar-refractivity contribution in [2.45, 2.75) is 25.5 Å². The van der Waals surface area contributed by atoms with Crippen LogP contribution in [0.4, 0.5) is 0 Å². The van der Waals surface area contributed by atoms with Crippen LogP contribution in [0.25, 0.3) is 0 Å². The fraction of sp³-hybridized carbons (Fsp3) is 0.400. The summed E-state index contributed by atoms with van der Waals surface area (Å²) in [6, 6.07) is 5.64. The number of pyridine rings is 1. The van der Waals surface area contributed by atoms with Gasteiger partial charge in [-0.2, -0.15) is 5.26 Å². The van der Waals surface area contributed by atoms with Gasteiger partial charge in [0.05, 0.1) is 6.10 Å². The Morgan fingerprint density at radius 2 is 2.52 bits per heavy atom. The molecule has 0 aliphatic carbocycles. The summed E-state index contributed by atoms with van der Waals surface area (Å²) in [4.78, 5) is 15.9. The normalized spacial score (nSPS) is 18.0. The maximum absolute atomic E-state index is 11.9. The number of hydrogen-bond donors (Lipinski definition) is 2. The number of carbonyl (C=O) groups excluding carboxylic acids is 1. The Morgan fingerprint density at radius 1 is 1.62 bits per heavy atom. The van der Waals surface area contributed by atoms with E-state index in [0.29, 0.717) is 13.1 Å². The molecule has 6 nitrogen and oxygen atoms in total. The van der Waals surface area contributed by atoms with Gasteiger partial charge < -0.3 is 15.4 Å². The summed E-state index contributed by atoms with van der Waals surface area (Å²) in [5, 5.41) is 14.7. The maximum Gasteiger partial charge on any atom is 0.263 e. The van der Waals surface area contributed by atoms with Crippen LogP contribution in [0.15, 0.2) is 36.3 Å². The molecule has 1 amide bonds. The molecule has 1 aromatic heterocycles. The second kappa shape index (κ2) is 8.02. The molecule has 0 spiro atoms. The van der Waals surface area contributed by atoms with Crippen molar-refractivity contribution in [1.29, 1.82) is 5.26 Å². The predicted molar refractivity (Wildman–Crippen MR) is 76.8 cm³/mol. The van der Waals surface area contributed by atoms with Crippen LogP contribution in [0.1, 0.15) is 18.4 Å². The largest absolute Gasteiger partial charge is 0.386 e. The summed E-state index contributed by atoms with van der Waals surface area (Å²) < 4.78 is 5.42. The summed E-state index contributed by atoms with van der Waals surface area (Å²) >= 11 is 0. The summed E-state index contributed by atoms with van der Waals surface area (Å²) in [7, 11) is 0. The molecule has 1 saturated heterocycles. The van der Waals surface area contributed by atoms with E-state index in [1.165, 1.54) is 6.20 Å². The molecule has 1 fully saturated rings. The van der Waals surface area contributed by atoms with Gasteiger partial charge in [-0.25, -0.2) is 0 Å². The highest BCUT2D eigenvalue weighted by atomic mass is 16.5. The molecule has 0 bridgehead atoms. The zero-order valence-electron chi connectivity index (χ0n) is 11.7. The Bertz CT molecular complexity index is 530. The highest BCUT2D eigenvalue weighted by molar-refractivity contribution is 5.97. The number of carbonyl (C=O) groups is 1. The fourth-order valence-electron chi connectivity index (χ4n) is 2.03. The minimum atomic E-state index is -0.383. The van der Waals surface area contributed by atoms with E-state index in [1.54, 1.807) is 12.4 Å². The maximum atomic E-state index is 11.9. The highest BCUT2D eigenvalue weighted by Gasteiger charge is 2.17. The number of rotatable bonds is 6. The van der Waals surface area contributed by atoms with Crippen LogP contribution < -0.4 is 10.6 Å². The van der Waals surface area contributed by atoms with Gasteiger partial charge >= 0.3 is 0 Å². The number of nitrogens with one attached hydrogen (secondary N) is 2. The highest BCUT2D eigenvalue weighted by Crippen LogP contribution is 2.10. The second-order valence-corrected chi connectivity index (χ2v) is 4.76. The van der Waals surface area contributed by atoms with E-state index in [-0.39, 0.29) is 17.6 Å². The van der Waals surface area contributed by atoms with Crippen LogP contribution in [0.3, 0.4) is 0 Å². The molecule has 1 atom stereocenters. The molecule has 1 aliphatic heterocycles. The molecule has 2 heterocycles. The van der Waals surface area contributed by atoms with Crippen LogP contribution in [0.2, 0.25) is 0 Å². The molecule has 0 radical (unpaired) electrons. The van der Waals surface area contributed by atoms with E-state index in [2.05, 4.69) is 15.6 Å². The topological polar surface area (TPSA) is 87.0 Å². The van der Waals surface area contributed by atoms with Crippen LogP contribution in [0.5, 0.6) is 0 Å². The molecule has 1 aliphatic rings. The zero-order chi connectivity index (χ0) is 14.9. The van der Waals surface area contributed by atoms with Crippen molar-refractivity contribution in [3.05, 3.63) is 41.9 Å². The van der Waals surface area contributed by atoms with Crippen LogP contribution in [-0.4, -0.2) is 30.1 Å². The van der Waals surface area contributed by atoms with Crippen molar-refractivity contribution in [2.24, 2.45) is 0 Å². The molecule has 6 heteroatoms. The Kier molecular flexibility index (Phi) is 5.73. The Balaban J connectivity index is 1.79. The van der Waals surface area contributed by atoms with Crippen molar-refractivity contribution in [3.63, 3.8) is 0 Å². The lowest BCUT2D eigenvalue weighted by Gasteiger charge is -2.10. The number of nitriles is 1. The zero-order valence-corrected chi connectivity index (χ0v) is 11.7. The average Bonchev–Trinajstić information content (AvgIpc) is 3.04. The quantitative estimate of drug-likeness (QED) is 0.598. The minimum absolute atomic E-state index is 0.0527. The summed E-state index contributed by atoms with van der Waals surface area (Å²) in [6.07, 6.45) is 6.89. The number of ether oxygens (including phenoxy) is 1. The smallest absolute Gasteiger partial charge is 0.263 e. The number of nitrogens with zero attached hydrogens (tertiary/aromatic N) is 2. The predicted octanol–water partition coefficient (Wildman–Crippen LogP) is 0.874. The van der Waals surface area contributed by atoms with Crippen molar-refractivity contribution >= 4 is 5.91 Å². The molecular weight excluding hydrogens is 268 g/mol. The third kappa shape index (κ3) is 4.89. The van der Waals surface area contributed by atoms with E-state index in [9.17, 15) is 4.79 Å². The Hall–Kier alpha value is -2.39. The van der Waals surface area contributed by atoms with Gasteiger partial charge in [0.15, 0.2) is 0 Å². The first-order valence-corrected chi connectivity index (χ1v) is 6.92. The summed E-state index contributed by atoms with van der Waals surface area (Å²) in [6.45, 7) is 1.70. The molecule has 2 rings (SSSR count). The number of aromatic nitrogens is 1. The monoisotopic (exact) mass is 286 g/mol. The molecule has 1 unspecified atom stereocenters. The van der Waals surface area contributed by atoms with Gasteiger partial charge in [0.2, 0.25) is 0 Å². The Morgan fingerprint density at radius 3 is 3.19 bits per heavy atom. The fourth-order valence-corrected chi connectivity index (χ4v) is 2.03. The lowest BCUT2D eigenvalue weighted by atomic mass is 10.2. The van der Waals surface area contributed by atoms with Gasteiger partial charge in [-0.15, -0.1) is 0 Å². The van der Waals surface area contributed by atoms with Gasteiger partial charge in [0, 0.05) is 38.3 Å². The van der Waals surface area contributed by atoms with Crippen molar-refractivity contribution in [1.82, 2.24) is 15.6 Å². The Labute approximate surface area is 123 Å². The standard InChI is InChI=1S/C15H18N4O2/c16-7-13(10-18-9-12-3-1-5-17-8-12)15(20)19-11-14-4-2-6-21-14/h1,3,5,8,10,14,18H,2,4,6,9,11H2,(H,19,20)/b13-10-. The lowest BCUT2D eigenvalue weighted by molar-refractivity contribution is -0.117. The van der Waals surface area contributed by atoms with E-state index >= 15 is 0 Å². The number of hydrogen-bond acceptors (Lipinski definition) is 5.